The first kappa shape index (κ1) is 25.2. The Morgan fingerprint density at radius 1 is 1.16 bits per heavy atom. The second kappa shape index (κ2) is 10.5. The van der Waals surface area contributed by atoms with Gasteiger partial charge in [0, 0.05) is 20.5 Å². The largest absolute Gasteiger partial charge is 0.490 e. The highest BCUT2D eigenvalue weighted by molar-refractivity contribution is 5.75. The Bertz CT molecular complexity index is 727. The summed E-state index contributed by atoms with van der Waals surface area (Å²) in [4.78, 5) is 25.1. The summed E-state index contributed by atoms with van der Waals surface area (Å²) in [6.45, 7) is 5.32. The SMILES string of the molecule is Cc1ccc(CN2CCC3(CCC(CC(=O)N(C)C)CC3)CC2)o1.O=C(O)C(F)(F)F. The lowest BCUT2D eigenvalue weighted by Crippen LogP contribution is -2.41. The van der Waals surface area contributed by atoms with E-state index < -0.39 is 12.1 Å². The lowest BCUT2D eigenvalue weighted by molar-refractivity contribution is -0.192. The third-order valence-corrected chi connectivity index (χ3v) is 6.46. The van der Waals surface area contributed by atoms with Gasteiger partial charge in [0.05, 0.1) is 6.54 Å². The minimum atomic E-state index is -5.08. The highest BCUT2D eigenvalue weighted by Gasteiger charge is 2.39. The van der Waals surface area contributed by atoms with Crippen LogP contribution < -0.4 is 0 Å². The van der Waals surface area contributed by atoms with Crippen LogP contribution in [-0.2, 0) is 16.1 Å². The lowest BCUT2D eigenvalue weighted by Gasteiger charge is -2.46. The standard InChI is InChI=1S/C20H32N2O2.C2HF3O2/c1-16-4-5-18(24-16)15-22-12-10-20(11-13-22)8-6-17(7-9-20)14-19(23)21(2)3;3-2(4,5)1(6)7/h4-5,17H,6-15H2,1-3H3;(H,6,7). The molecule has 0 aromatic carbocycles. The Kier molecular flexibility index (Phi) is 8.57. The smallest absolute Gasteiger partial charge is 0.475 e. The number of piperidine rings is 1. The Morgan fingerprint density at radius 2 is 1.71 bits per heavy atom. The molecule has 9 heteroatoms. The maximum absolute atomic E-state index is 11.9. The van der Waals surface area contributed by atoms with Crippen molar-refractivity contribution in [1.82, 2.24) is 9.80 Å². The fraction of sp³-hybridized carbons (Fsp3) is 0.727. The average molecular weight is 447 g/mol. The number of carboxylic acid groups (broad SMARTS) is 1. The van der Waals surface area contributed by atoms with Gasteiger partial charge in [0.2, 0.25) is 5.91 Å². The molecular formula is C22H33F3N2O4. The van der Waals surface area contributed by atoms with Gasteiger partial charge in [-0.3, -0.25) is 9.69 Å². The van der Waals surface area contributed by atoms with E-state index in [-0.39, 0.29) is 0 Å². The van der Waals surface area contributed by atoms with Crippen LogP contribution in [0.2, 0.25) is 0 Å². The van der Waals surface area contributed by atoms with Crippen LogP contribution in [0.1, 0.15) is 56.5 Å². The number of hydrogen-bond acceptors (Lipinski definition) is 4. The molecule has 2 fully saturated rings. The van der Waals surface area contributed by atoms with E-state index in [2.05, 4.69) is 17.0 Å². The molecule has 0 atom stereocenters. The Morgan fingerprint density at radius 3 is 2.13 bits per heavy atom. The molecule has 6 nitrogen and oxygen atoms in total. The predicted octanol–water partition coefficient (Wildman–Crippen LogP) is 4.47. The first-order valence-electron chi connectivity index (χ1n) is 10.7. The maximum atomic E-state index is 11.9. The van der Waals surface area contributed by atoms with Crippen molar-refractivity contribution in [1.29, 1.82) is 0 Å². The minimum absolute atomic E-state index is 0.291. The molecule has 1 aliphatic carbocycles. The van der Waals surface area contributed by atoms with Crippen LogP contribution >= 0.6 is 0 Å². The van der Waals surface area contributed by atoms with Crippen LogP contribution in [0.15, 0.2) is 16.5 Å². The maximum Gasteiger partial charge on any atom is 0.490 e. The summed E-state index contributed by atoms with van der Waals surface area (Å²) in [5.74, 6) is 0.236. The Hall–Kier alpha value is -2.03. The normalized spacial score (nSPS) is 19.5. The second-order valence-corrected chi connectivity index (χ2v) is 9.03. The molecule has 1 saturated carbocycles. The van der Waals surface area contributed by atoms with E-state index in [0.717, 1.165) is 24.5 Å². The lowest BCUT2D eigenvalue weighted by atomic mass is 9.65. The van der Waals surface area contributed by atoms with Crippen molar-refractivity contribution in [2.45, 2.75) is 64.6 Å². The molecule has 176 valence electrons. The van der Waals surface area contributed by atoms with Crippen molar-refractivity contribution in [3.8, 4) is 0 Å². The number of halogens is 3. The number of aryl methyl sites for hydroxylation is 1. The summed E-state index contributed by atoms with van der Waals surface area (Å²) in [5.41, 5.74) is 0.549. The van der Waals surface area contributed by atoms with Crippen LogP contribution in [0.25, 0.3) is 0 Å². The van der Waals surface area contributed by atoms with E-state index in [9.17, 15) is 18.0 Å². The van der Waals surface area contributed by atoms with Crippen LogP contribution in [0.3, 0.4) is 0 Å². The number of carbonyl (C=O) groups is 2. The third kappa shape index (κ3) is 7.87. The predicted molar refractivity (Wildman–Crippen MR) is 109 cm³/mol. The van der Waals surface area contributed by atoms with E-state index in [1.807, 2.05) is 21.0 Å². The number of rotatable bonds is 4. The molecule has 1 saturated heterocycles. The van der Waals surface area contributed by atoms with E-state index in [1.54, 1.807) is 4.90 Å². The van der Waals surface area contributed by atoms with Gasteiger partial charge in [0.25, 0.3) is 0 Å². The fourth-order valence-electron chi connectivity index (χ4n) is 4.40. The molecule has 1 spiro atoms. The molecule has 1 N–H and O–H groups in total. The molecule has 1 aromatic rings. The first-order chi connectivity index (χ1) is 14.4. The number of hydrogen-bond donors (Lipinski definition) is 1. The molecule has 3 rings (SSSR count). The summed E-state index contributed by atoms with van der Waals surface area (Å²) in [5, 5.41) is 7.12. The zero-order valence-electron chi connectivity index (χ0n) is 18.5. The molecule has 1 aromatic heterocycles. The first-order valence-corrected chi connectivity index (χ1v) is 10.7. The monoisotopic (exact) mass is 446 g/mol. The summed E-state index contributed by atoms with van der Waals surface area (Å²) >= 11 is 0. The van der Waals surface area contributed by atoms with Crippen molar-refractivity contribution in [2.24, 2.45) is 11.3 Å². The van der Waals surface area contributed by atoms with Gasteiger partial charge in [-0.2, -0.15) is 13.2 Å². The van der Waals surface area contributed by atoms with E-state index in [0.29, 0.717) is 17.2 Å². The van der Waals surface area contributed by atoms with Crippen molar-refractivity contribution in [3.05, 3.63) is 23.7 Å². The number of carboxylic acids is 1. The van der Waals surface area contributed by atoms with Gasteiger partial charge in [-0.25, -0.2) is 4.79 Å². The molecule has 0 unspecified atom stereocenters. The number of furan rings is 1. The van der Waals surface area contributed by atoms with Crippen LogP contribution in [0.4, 0.5) is 13.2 Å². The van der Waals surface area contributed by atoms with Crippen molar-refractivity contribution < 1.29 is 32.3 Å². The zero-order valence-corrected chi connectivity index (χ0v) is 18.5. The second-order valence-electron chi connectivity index (χ2n) is 9.03. The van der Waals surface area contributed by atoms with Gasteiger partial charge < -0.3 is 14.4 Å². The van der Waals surface area contributed by atoms with E-state index in [4.69, 9.17) is 14.3 Å². The van der Waals surface area contributed by atoms with Crippen molar-refractivity contribution in [2.75, 3.05) is 27.2 Å². The van der Waals surface area contributed by atoms with Crippen LogP contribution in [-0.4, -0.2) is 60.1 Å². The van der Waals surface area contributed by atoms with Crippen LogP contribution in [0, 0.1) is 18.3 Å². The Balaban J connectivity index is 0.000000423. The topological polar surface area (TPSA) is 74.0 Å². The Labute approximate surface area is 181 Å². The quantitative estimate of drug-likeness (QED) is 0.739. The summed E-state index contributed by atoms with van der Waals surface area (Å²) in [6.07, 6.45) is 3.36. The minimum Gasteiger partial charge on any atom is -0.475 e. The molecule has 2 heterocycles. The van der Waals surface area contributed by atoms with Gasteiger partial charge in [-0.1, -0.05) is 0 Å². The third-order valence-electron chi connectivity index (χ3n) is 6.46. The molecule has 1 amide bonds. The van der Waals surface area contributed by atoms with Gasteiger partial charge >= 0.3 is 12.1 Å². The number of likely N-dealkylation sites (tertiary alicyclic amines) is 1. The summed E-state index contributed by atoms with van der Waals surface area (Å²) in [6, 6.07) is 4.16. The van der Waals surface area contributed by atoms with Gasteiger partial charge in [-0.15, -0.1) is 0 Å². The highest BCUT2D eigenvalue weighted by atomic mass is 19.4. The number of alkyl halides is 3. The van der Waals surface area contributed by atoms with Crippen LogP contribution in [0.5, 0.6) is 0 Å². The molecule has 1 aliphatic heterocycles. The summed E-state index contributed by atoms with van der Waals surface area (Å²) < 4.78 is 37.5. The van der Waals surface area contributed by atoms with Gasteiger partial charge in [0.15, 0.2) is 0 Å². The van der Waals surface area contributed by atoms with E-state index >= 15 is 0 Å². The molecule has 0 radical (unpaired) electrons. The molecule has 2 aliphatic rings. The molecule has 31 heavy (non-hydrogen) atoms. The molecular weight excluding hydrogens is 413 g/mol. The average Bonchev–Trinajstić information content (AvgIpc) is 3.10. The number of carbonyl (C=O) groups excluding carboxylic acids is 1. The summed E-state index contributed by atoms with van der Waals surface area (Å²) in [7, 11) is 3.73. The number of amides is 1. The zero-order chi connectivity index (χ0) is 23.2. The number of aliphatic carboxylic acids is 1. The van der Waals surface area contributed by atoms with Gasteiger partial charge in [-0.05, 0) is 82.0 Å². The van der Waals surface area contributed by atoms with Crippen molar-refractivity contribution in [3.63, 3.8) is 0 Å². The fourth-order valence-corrected chi connectivity index (χ4v) is 4.40. The van der Waals surface area contributed by atoms with Crippen molar-refractivity contribution >= 4 is 11.9 Å². The van der Waals surface area contributed by atoms with E-state index in [1.165, 1.54) is 51.6 Å². The van der Waals surface area contributed by atoms with Gasteiger partial charge in [0.1, 0.15) is 11.5 Å². The highest BCUT2D eigenvalue weighted by Crippen LogP contribution is 2.47. The number of nitrogens with zero attached hydrogens (tertiary/aromatic N) is 2. The molecule has 0 bridgehead atoms.